The number of benzene rings is 3. The van der Waals surface area contributed by atoms with Crippen LogP contribution in [0.4, 0.5) is 0 Å². The molecule has 33 heavy (non-hydrogen) atoms. The van der Waals surface area contributed by atoms with Crippen molar-refractivity contribution in [2.45, 2.75) is 13.5 Å². The first-order valence-electron chi connectivity index (χ1n) is 10.3. The van der Waals surface area contributed by atoms with Gasteiger partial charge in [-0.25, -0.2) is 4.79 Å². The van der Waals surface area contributed by atoms with Gasteiger partial charge in [-0.05, 0) is 35.7 Å². The van der Waals surface area contributed by atoms with Gasteiger partial charge in [0.2, 0.25) is 0 Å². The lowest BCUT2D eigenvalue weighted by atomic mass is 9.98. The second-order valence-electron chi connectivity index (χ2n) is 7.22. The van der Waals surface area contributed by atoms with E-state index in [0.29, 0.717) is 35.8 Å². The Bertz CT molecular complexity index is 1360. The van der Waals surface area contributed by atoms with E-state index in [1.165, 1.54) is 0 Å². The van der Waals surface area contributed by atoms with Crippen molar-refractivity contribution in [1.82, 2.24) is 9.55 Å². The fourth-order valence-corrected chi connectivity index (χ4v) is 3.76. The maximum Gasteiger partial charge on any atom is 0.337 e. The third-order valence-corrected chi connectivity index (χ3v) is 5.20. The number of carboxylic acid groups (broad SMARTS) is 1. The van der Waals surface area contributed by atoms with Gasteiger partial charge in [-0.1, -0.05) is 59.8 Å². The van der Waals surface area contributed by atoms with Gasteiger partial charge in [0.15, 0.2) is 5.84 Å². The quantitative estimate of drug-likeness (QED) is 0.160. The molecule has 9 nitrogen and oxygen atoms in total. The number of carboxylic acids is 1. The first-order valence-corrected chi connectivity index (χ1v) is 10.3. The van der Waals surface area contributed by atoms with Gasteiger partial charge in [0.1, 0.15) is 0 Å². The number of amidine groups is 1. The molecule has 4 rings (SSSR count). The van der Waals surface area contributed by atoms with Crippen molar-refractivity contribution in [2.75, 3.05) is 6.61 Å². The second kappa shape index (κ2) is 9.31. The number of hydrogen-bond acceptors (Lipinski definition) is 5. The highest BCUT2D eigenvalue weighted by Gasteiger charge is 2.19. The average molecular weight is 442 g/mol. The number of aromatic nitrogens is 2. The summed E-state index contributed by atoms with van der Waals surface area (Å²) in [5.74, 6) is -0.854. The summed E-state index contributed by atoms with van der Waals surface area (Å²) < 4.78 is 7.48. The average Bonchev–Trinajstić information content (AvgIpc) is 3.17. The normalized spacial score (nSPS) is 11.5. The Morgan fingerprint density at radius 1 is 1.09 bits per heavy atom. The summed E-state index contributed by atoms with van der Waals surface area (Å²) >= 11 is 0. The van der Waals surface area contributed by atoms with E-state index in [4.69, 9.17) is 16.0 Å². The van der Waals surface area contributed by atoms with E-state index in [1.54, 1.807) is 22.8 Å². The van der Waals surface area contributed by atoms with Crippen molar-refractivity contribution in [2.24, 2.45) is 16.1 Å². The number of imidazole rings is 1. The van der Waals surface area contributed by atoms with E-state index in [-0.39, 0.29) is 11.4 Å². The highest BCUT2D eigenvalue weighted by atomic mass is 16.5. The van der Waals surface area contributed by atoms with Crippen molar-refractivity contribution in [3.8, 4) is 17.1 Å². The molecule has 1 heterocycles. The Morgan fingerprint density at radius 2 is 1.82 bits per heavy atom. The Kier molecular flexibility index (Phi) is 6.12. The van der Waals surface area contributed by atoms with Crippen LogP contribution in [0.5, 0.6) is 6.01 Å². The smallest absolute Gasteiger partial charge is 0.337 e. The molecule has 4 N–H and O–H groups in total. The van der Waals surface area contributed by atoms with Gasteiger partial charge in [0.05, 0.1) is 29.7 Å². The molecule has 0 aliphatic heterocycles. The lowest BCUT2D eigenvalue weighted by Crippen LogP contribution is -2.13. The second-order valence-corrected chi connectivity index (χ2v) is 7.22. The molecule has 0 bridgehead atoms. The van der Waals surface area contributed by atoms with Gasteiger partial charge < -0.3 is 15.6 Å². The fourth-order valence-electron chi connectivity index (χ4n) is 3.76. The molecule has 0 saturated heterocycles. The van der Waals surface area contributed by atoms with Crippen LogP contribution in [0.25, 0.3) is 22.2 Å². The summed E-state index contributed by atoms with van der Waals surface area (Å²) in [5, 5.41) is 16.3. The maximum atomic E-state index is 11.8. The predicted molar refractivity (Wildman–Crippen MR) is 125 cm³/mol. The van der Waals surface area contributed by atoms with Crippen LogP contribution in [0.2, 0.25) is 0 Å². The van der Waals surface area contributed by atoms with Crippen LogP contribution in [0.15, 0.2) is 77.1 Å². The summed E-state index contributed by atoms with van der Waals surface area (Å²) in [7, 11) is 0. The van der Waals surface area contributed by atoms with Crippen molar-refractivity contribution in [3.63, 3.8) is 0 Å². The van der Waals surface area contributed by atoms with Gasteiger partial charge >= 0.3 is 5.97 Å². The third-order valence-electron chi connectivity index (χ3n) is 5.20. The minimum absolute atomic E-state index is 0.164. The van der Waals surface area contributed by atoms with Crippen molar-refractivity contribution < 1.29 is 14.6 Å². The number of carbonyl (C=O) groups is 1. The number of hydrogen-bond donors (Lipinski definition) is 3. The topological polar surface area (TPSA) is 139 Å². The van der Waals surface area contributed by atoms with E-state index >= 15 is 0 Å². The maximum absolute atomic E-state index is 11.8. The summed E-state index contributed by atoms with van der Waals surface area (Å²) in [4.78, 5) is 16.3. The minimum Gasteiger partial charge on any atom is -0.478 e. The number of nitrogens with two attached hydrogens (primary N) is 1. The Labute approximate surface area is 189 Å². The summed E-state index contributed by atoms with van der Waals surface area (Å²) in [6, 6.07) is 20.7. The summed E-state index contributed by atoms with van der Waals surface area (Å²) in [5.41, 5.74) is 17.6. The van der Waals surface area contributed by atoms with Crippen LogP contribution in [0.1, 0.15) is 28.4 Å². The lowest BCUT2D eigenvalue weighted by Gasteiger charge is -2.12. The Hall–Kier alpha value is -4.53. The zero-order valence-corrected chi connectivity index (χ0v) is 17.9. The van der Waals surface area contributed by atoms with Crippen LogP contribution >= 0.6 is 0 Å². The van der Waals surface area contributed by atoms with E-state index in [2.05, 4.69) is 15.3 Å². The summed E-state index contributed by atoms with van der Waals surface area (Å²) in [6.07, 6.45) is 0. The third kappa shape index (κ3) is 4.29. The number of nitrogens with one attached hydrogen (secondary N) is 1. The zero-order valence-electron chi connectivity index (χ0n) is 17.9. The number of nitrogens with zero attached hydrogens (tertiary/aromatic N) is 4. The first-order chi connectivity index (χ1) is 16.0. The van der Waals surface area contributed by atoms with Crippen LogP contribution in [0.3, 0.4) is 0 Å². The molecule has 0 aliphatic carbocycles. The molecule has 3 aromatic carbocycles. The number of fused-ring (bicyclic) bond motifs is 1. The molecule has 0 amide bonds. The van der Waals surface area contributed by atoms with Crippen LogP contribution in [0, 0.1) is 5.53 Å². The lowest BCUT2D eigenvalue weighted by molar-refractivity contribution is 0.0698. The molecule has 0 aliphatic rings. The number of rotatable bonds is 8. The Morgan fingerprint density at radius 3 is 2.52 bits per heavy atom. The standard InChI is InChI=1S/C24H22N6O3/c1-2-33-24-27-20-9-5-8-19(23(31)32)21(20)30(24)14-15-10-12-16(13-11-15)17-6-3-4-7-18(17)22(25)28-29-26/h3-13H,2,14H2,1H3,(H,31,32)(H3,25,26,28). The van der Waals surface area contributed by atoms with Gasteiger partial charge in [-0.15, -0.1) is 5.10 Å². The largest absolute Gasteiger partial charge is 0.478 e. The highest BCUT2D eigenvalue weighted by molar-refractivity contribution is 6.03. The molecular formula is C24H22N6O3. The Balaban J connectivity index is 1.73. The van der Waals surface area contributed by atoms with Crippen molar-refractivity contribution in [1.29, 1.82) is 5.53 Å². The van der Waals surface area contributed by atoms with E-state index in [9.17, 15) is 9.90 Å². The van der Waals surface area contributed by atoms with E-state index in [0.717, 1.165) is 16.7 Å². The van der Waals surface area contributed by atoms with Crippen LogP contribution in [-0.4, -0.2) is 33.1 Å². The number of para-hydroxylation sites is 1. The SMILES string of the molecule is CCOc1nc2cccc(C(=O)O)c2n1Cc1ccc(-c2ccccc2/C(N)=N/N=N)cc1. The monoisotopic (exact) mass is 442 g/mol. The van der Waals surface area contributed by atoms with E-state index < -0.39 is 5.97 Å². The van der Waals surface area contributed by atoms with Crippen LogP contribution < -0.4 is 10.5 Å². The molecule has 166 valence electrons. The molecule has 1 aromatic heterocycles. The van der Waals surface area contributed by atoms with Gasteiger partial charge in [-0.2, -0.15) is 10.5 Å². The predicted octanol–water partition coefficient (Wildman–Crippen LogP) is 4.50. The molecule has 0 fully saturated rings. The molecule has 0 saturated carbocycles. The number of ether oxygens (including phenoxy) is 1. The molecule has 0 radical (unpaired) electrons. The van der Waals surface area contributed by atoms with Gasteiger partial charge in [0.25, 0.3) is 6.01 Å². The molecule has 9 heteroatoms. The highest BCUT2D eigenvalue weighted by Crippen LogP contribution is 2.28. The molecular weight excluding hydrogens is 420 g/mol. The van der Waals surface area contributed by atoms with Crippen LogP contribution in [-0.2, 0) is 6.54 Å². The van der Waals surface area contributed by atoms with E-state index in [1.807, 2.05) is 55.5 Å². The fraction of sp³-hybridized carbons (Fsp3) is 0.125. The zero-order chi connectivity index (χ0) is 23.4. The number of aromatic carboxylic acids is 1. The first kappa shape index (κ1) is 21.7. The molecule has 0 unspecified atom stereocenters. The van der Waals surface area contributed by atoms with Gasteiger partial charge in [-0.3, -0.25) is 4.57 Å². The van der Waals surface area contributed by atoms with Gasteiger partial charge in [0, 0.05) is 5.56 Å². The molecule has 0 spiro atoms. The molecule has 0 atom stereocenters. The minimum atomic E-state index is -1.02. The summed E-state index contributed by atoms with van der Waals surface area (Å²) in [6.45, 7) is 2.66. The molecule has 4 aromatic rings. The van der Waals surface area contributed by atoms with Crippen molar-refractivity contribution >= 4 is 22.8 Å². The van der Waals surface area contributed by atoms with Crippen molar-refractivity contribution in [3.05, 3.63) is 83.4 Å².